The Labute approximate surface area is 101 Å². The minimum Gasteiger partial charge on any atom is -0.309 e. The maximum atomic E-state index is 13.2. The molecule has 1 aromatic carbocycles. The first kappa shape index (κ1) is 11.7. The molecule has 0 amide bonds. The molecule has 1 atom stereocenters. The first-order valence-electron chi connectivity index (χ1n) is 5.55. The molecule has 0 radical (unpaired) electrons. The molecule has 1 aromatic heterocycles. The van der Waals surface area contributed by atoms with Crippen LogP contribution in [0.5, 0.6) is 0 Å². The third-order valence-electron chi connectivity index (χ3n) is 2.85. The van der Waals surface area contributed by atoms with Crippen molar-refractivity contribution in [2.75, 3.05) is 7.05 Å². The van der Waals surface area contributed by atoms with Gasteiger partial charge in [0.1, 0.15) is 5.82 Å². The van der Waals surface area contributed by atoms with E-state index in [1.165, 1.54) is 17.8 Å². The first-order chi connectivity index (χ1) is 8.22. The Hall–Kier alpha value is -1.74. The number of hydrogen-bond acceptors (Lipinski definition) is 2. The molecule has 2 nitrogen and oxygen atoms in total. The number of benzene rings is 1. The lowest BCUT2D eigenvalue weighted by atomic mass is 9.96. The van der Waals surface area contributed by atoms with Crippen LogP contribution in [0.3, 0.4) is 0 Å². The lowest BCUT2D eigenvalue weighted by Gasteiger charge is -2.18. The van der Waals surface area contributed by atoms with Crippen molar-refractivity contribution < 1.29 is 4.39 Å². The zero-order valence-electron chi connectivity index (χ0n) is 9.94. The van der Waals surface area contributed by atoms with Crippen LogP contribution in [0.4, 0.5) is 4.39 Å². The molecule has 0 bridgehead atoms. The van der Waals surface area contributed by atoms with Crippen molar-refractivity contribution in [3.8, 4) is 0 Å². The van der Waals surface area contributed by atoms with E-state index in [-0.39, 0.29) is 11.9 Å². The quantitative estimate of drug-likeness (QED) is 0.877. The summed E-state index contributed by atoms with van der Waals surface area (Å²) < 4.78 is 13.2. The Bertz CT molecular complexity index is 511. The van der Waals surface area contributed by atoms with Crippen molar-refractivity contribution >= 4 is 0 Å². The van der Waals surface area contributed by atoms with E-state index < -0.39 is 0 Å². The number of halogens is 1. The van der Waals surface area contributed by atoms with Crippen molar-refractivity contribution in [3.05, 3.63) is 65.2 Å². The SMILES string of the molecule is CNC(c1cncc(F)c1)c1ccccc1C. The van der Waals surface area contributed by atoms with E-state index in [1.54, 1.807) is 6.20 Å². The van der Waals surface area contributed by atoms with Crippen LogP contribution in [0, 0.1) is 12.7 Å². The molecule has 0 fully saturated rings. The van der Waals surface area contributed by atoms with Crippen LogP contribution in [0.2, 0.25) is 0 Å². The van der Waals surface area contributed by atoms with Crippen LogP contribution in [-0.4, -0.2) is 12.0 Å². The average Bonchev–Trinajstić information content (AvgIpc) is 2.33. The molecule has 0 spiro atoms. The third kappa shape index (κ3) is 2.50. The van der Waals surface area contributed by atoms with Crippen LogP contribution in [0.1, 0.15) is 22.7 Å². The molecule has 17 heavy (non-hydrogen) atoms. The van der Waals surface area contributed by atoms with E-state index in [2.05, 4.69) is 10.3 Å². The van der Waals surface area contributed by atoms with Crippen LogP contribution in [0.15, 0.2) is 42.7 Å². The summed E-state index contributed by atoms with van der Waals surface area (Å²) in [5.74, 6) is -0.309. The molecule has 0 aliphatic rings. The minimum absolute atomic E-state index is 0.0283. The number of nitrogens with zero attached hydrogens (tertiary/aromatic N) is 1. The third-order valence-corrected chi connectivity index (χ3v) is 2.85. The van der Waals surface area contributed by atoms with Crippen molar-refractivity contribution in [2.45, 2.75) is 13.0 Å². The fourth-order valence-corrected chi connectivity index (χ4v) is 2.00. The molecule has 1 N–H and O–H groups in total. The monoisotopic (exact) mass is 230 g/mol. The maximum absolute atomic E-state index is 13.2. The van der Waals surface area contributed by atoms with Gasteiger partial charge in [-0.15, -0.1) is 0 Å². The summed E-state index contributed by atoms with van der Waals surface area (Å²) in [6, 6.07) is 9.56. The fraction of sp³-hybridized carbons (Fsp3) is 0.214. The molecular weight excluding hydrogens is 215 g/mol. The number of aromatic nitrogens is 1. The van der Waals surface area contributed by atoms with Gasteiger partial charge in [-0.2, -0.15) is 0 Å². The van der Waals surface area contributed by atoms with Gasteiger partial charge < -0.3 is 5.32 Å². The molecule has 1 heterocycles. The van der Waals surface area contributed by atoms with E-state index in [0.717, 1.165) is 11.1 Å². The Morgan fingerprint density at radius 3 is 2.65 bits per heavy atom. The predicted molar refractivity (Wildman–Crippen MR) is 66.3 cm³/mol. The molecule has 88 valence electrons. The molecule has 1 unspecified atom stereocenters. The van der Waals surface area contributed by atoms with Crippen molar-refractivity contribution in [3.63, 3.8) is 0 Å². The highest BCUT2D eigenvalue weighted by Gasteiger charge is 2.14. The Morgan fingerprint density at radius 1 is 1.24 bits per heavy atom. The summed E-state index contributed by atoms with van der Waals surface area (Å²) in [5.41, 5.74) is 3.15. The van der Waals surface area contributed by atoms with Crippen LogP contribution < -0.4 is 5.32 Å². The summed E-state index contributed by atoms with van der Waals surface area (Å²) in [5, 5.41) is 3.20. The van der Waals surface area contributed by atoms with Crippen molar-refractivity contribution in [1.29, 1.82) is 0 Å². The van der Waals surface area contributed by atoms with E-state index in [9.17, 15) is 4.39 Å². The molecule has 3 heteroatoms. The molecular formula is C14H15FN2. The van der Waals surface area contributed by atoms with Crippen molar-refractivity contribution in [1.82, 2.24) is 10.3 Å². The van der Waals surface area contributed by atoms with Gasteiger partial charge in [-0.25, -0.2) is 4.39 Å². The van der Waals surface area contributed by atoms with Crippen LogP contribution in [0.25, 0.3) is 0 Å². The highest BCUT2D eigenvalue weighted by atomic mass is 19.1. The molecule has 0 saturated heterocycles. The molecule has 0 aliphatic heterocycles. The van der Waals surface area contributed by atoms with Gasteiger partial charge in [0.25, 0.3) is 0 Å². The molecule has 2 rings (SSSR count). The minimum atomic E-state index is -0.309. The smallest absolute Gasteiger partial charge is 0.141 e. The second kappa shape index (κ2) is 5.06. The first-order valence-corrected chi connectivity index (χ1v) is 5.55. The Balaban J connectivity index is 2.44. The van der Waals surface area contributed by atoms with Gasteiger partial charge in [0, 0.05) is 6.20 Å². The number of hydrogen-bond donors (Lipinski definition) is 1. The Morgan fingerprint density at radius 2 is 2.00 bits per heavy atom. The summed E-state index contributed by atoms with van der Waals surface area (Å²) in [6.07, 6.45) is 2.91. The average molecular weight is 230 g/mol. The van der Waals surface area contributed by atoms with E-state index in [1.807, 2.05) is 38.2 Å². The summed E-state index contributed by atoms with van der Waals surface area (Å²) in [7, 11) is 1.86. The second-order valence-electron chi connectivity index (χ2n) is 4.01. The van der Waals surface area contributed by atoms with Gasteiger partial charge in [0.2, 0.25) is 0 Å². The van der Waals surface area contributed by atoms with Gasteiger partial charge in [0.15, 0.2) is 0 Å². The van der Waals surface area contributed by atoms with Crippen LogP contribution in [-0.2, 0) is 0 Å². The lowest BCUT2D eigenvalue weighted by molar-refractivity contribution is 0.608. The van der Waals surface area contributed by atoms with Gasteiger partial charge in [-0.1, -0.05) is 24.3 Å². The number of pyridine rings is 1. The summed E-state index contributed by atoms with van der Waals surface area (Å²) in [6.45, 7) is 2.05. The van der Waals surface area contributed by atoms with E-state index >= 15 is 0 Å². The second-order valence-corrected chi connectivity index (χ2v) is 4.01. The standard InChI is InChI=1S/C14H15FN2/c1-10-5-3-4-6-13(10)14(16-2)11-7-12(15)9-17-8-11/h3-9,14,16H,1-2H3. The largest absolute Gasteiger partial charge is 0.309 e. The highest BCUT2D eigenvalue weighted by molar-refractivity contribution is 5.35. The number of rotatable bonds is 3. The highest BCUT2D eigenvalue weighted by Crippen LogP contribution is 2.24. The van der Waals surface area contributed by atoms with Crippen LogP contribution >= 0.6 is 0 Å². The molecule has 2 aromatic rings. The van der Waals surface area contributed by atoms with Gasteiger partial charge in [0.05, 0.1) is 12.2 Å². The van der Waals surface area contributed by atoms with Crippen molar-refractivity contribution in [2.24, 2.45) is 0 Å². The summed E-state index contributed by atoms with van der Waals surface area (Å²) >= 11 is 0. The maximum Gasteiger partial charge on any atom is 0.141 e. The van der Waals surface area contributed by atoms with Gasteiger partial charge >= 0.3 is 0 Å². The topological polar surface area (TPSA) is 24.9 Å². The zero-order chi connectivity index (χ0) is 12.3. The number of nitrogens with one attached hydrogen (secondary N) is 1. The predicted octanol–water partition coefficient (Wildman–Crippen LogP) is 2.84. The fourth-order valence-electron chi connectivity index (χ4n) is 2.00. The normalized spacial score (nSPS) is 12.4. The van der Waals surface area contributed by atoms with Gasteiger partial charge in [-0.3, -0.25) is 4.98 Å². The zero-order valence-corrected chi connectivity index (χ0v) is 9.94. The van der Waals surface area contributed by atoms with E-state index in [0.29, 0.717) is 0 Å². The number of aryl methyl sites for hydroxylation is 1. The Kier molecular flexibility index (Phi) is 3.49. The van der Waals surface area contributed by atoms with E-state index in [4.69, 9.17) is 0 Å². The summed E-state index contributed by atoms with van der Waals surface area (Å²) in [4.78, 5) is 3.89. The molecule has 0 saturated carbocycles. The molecule has 0 aliphatic carbocycles. The lowest BCUT2D eigenvalue weighted by Crippen LogP contribution is -2.19. The van der Waals surface area contributed by atoms with Gasteiger partial charge in [-0.05, 0) is 36.7 Å².